The topological polar surface area (TPSA) is 217 Å². The molecule has 0 radical (unpaired) electrons. The molecule has 2 bridgehead atoms. The Morgan fingerprint density at radius 2 is 1.65 bits per heavy atom. The molecule has 1 amide bonds. The number of fused-ring (bicyclic) bond motifs is 3. The molecule has 3 fully saturated rings. The number of Topliss-reactive ketones (excluding diaryl/α,β-unsaturated/α-hetero) is 3. The van der Waals surface area contributed by atoms with Gasteiger partial charge in [0.2, 0.25) is 5.78 Å². The molecule has 5 aliphatic rings. The zero-order valence-electron chi connectivity index (χ0n) is 42.6. The zero-order chi connectivity index (χ0) is 50.6. The van der Waals surface area contributed by atoms with Crippen LogP contribution in [0.2, 0.25) is 0 Å². The summed E-state index contributed by atoms with van der Waals surface area (Å²) in [7, 11) is 4.62. The number of carbonyl (C=O) groups excluding carboxylic acids is 5. The molecule has 15 atom stereocenters. The van der Waals surface area contributed by atoms with Gasteiger partial charge in [0, 0.05) is 58.5 Å². The van der Waals surface area contributed by atoms with Crippen LogP contribution in [0, 0.1) is 35.5 Å². The average molecular weight is 967 g/mol. The average Bonchev–Trinajstić information content (AvgIpc) is 3.85. The molecule has 2 saturated heterocycles. The van der Waals surface area contributed by atoms with Gasteiger partial charge in [0.15, 0.2) is 5.78 Å². The lowest BCUT2D eigenvalue weighted by atomic mass is 9.77. The second-order valence-electron chi connectivity index (χ2n) is 20.4. The Hall–Kier alpha value is -4.10. The van der Waals surface area contributed by atoms with Crippen molar-refractivity contribution in [2.24, 2.45) is 40.6 Å². The molecule has 17 heteroatoms. The lowest BCUT2D eigenvalue weighted by Gasteiger charge is -2.43. The molecule has 0 aromatic carbocycles. The monoisotopic (exact) mass is 967 g/mol. The molecule has 17 nitrogen and oxygen atoms in total. The normalized spacial score (nSPS) is 39.6. The van der Waals surface area contributed by atoms with E-state index >= 15 is 0 Å². The summed E-state index contributed by atoms with van der Waals surface area (Å²) in [5.41, 5.74) is 8.14. The minimum Gasteiger partial charge on any atom is -0.460 e. The predicted molar refractivity (Wildman–Crippen MR) is 260 cm³/mol. The van der Waals surface area contributed by atoms with E-state index in [9.17, 15) is 34.2 Å². The Morgan fingerprint density at radius 3 is 2.33 bits per heavy atom. The van der Waals surface area contributed by atoms with Crippen molar-refractivity contribution in [1.82, 2.24) is 15.6 Å². The Bertz CT molecular complexity index is 1940. The van der Waals surface area contributed by atoms with Gasteiger partial charge in [-0.1, -0.05) is 77.4 Å². The lowest BCUT2D eigenvalue weighted by Crippen LogP contribution is -2.62. The van der Waals surface area contributed by atoms with Gasteiger partial charge in [-0.25, -0.2) is 10.3 Å². The van der Waals surface area contributed by atoms with Crippen molar-refractivity contribution < 1.29 is 57.9 Å². The summed E-state index contributed by atoms with van der Waals surface area (Å²) >= 11 is 0. The number of methoxy groups -OCH3 is 3. The number of ether oxygens (including phenoxy) is 5. The summed E-state index contributed by atoms with van der Waals surface area (Å²) in [6.45, 7) is 12.8. The highest BCUT2D eigenvalue weighted by atomic mass is 16.6. The lowest BCUT2D eigenvalue weighted by molar-refractivity contribution is -0.231. The molecule has 0 aromatic rings. The van der Waals surface area contributed by atoms with E-state index in [0.29, 0.717) is 50.5 Å². The minimum atomic E-state index is -2.85. The SMILES string of the molecule is COC1C(=O)[C@@H](C)C[C@H](C)/C=C/C=C/C=C(\C)[C@@H](OC)CC2CC[C@@H](C)C(=O)C(O)(O2)C(=O)N2CCCCC2C(=O)O[C@H]([C@H](C)C[C@@H]2CC[C@H](N3N=C[N-]N3)[C@H](OC)C2)CC(=O)[C@H](C)/C=C(\C)[C@H]1O. The summed E-state index contributed by atoms with van der Waals surface area (Å²) in [4.78, 5) is 72.6. The number of aliphatic hydroxyl groups excluding tert-OH is 1. The van der Waals surface area contributed by atoms with Crippen LogP contribution >= 0.6 is 0 Å². The number of esters is 1. The van der Waals surface area contributed by atoms with Crippen molar-refractivity contribution in [3.63, 3.8) is 0 Å². The standard InChI is InChI=1S/C52H80N5O12/c1-31-16-12-11-13-17-32(2)43(65-8)28-39-21-19-33(3)49(61)52(64,69-39)51(63)56-23-15-14-18-41(56)50(62)68-44(35(5)26-38-20-22-40(45(27-38)66-9)57-54-30-53-55-57)29-42(58)34(4)25-37(7)47(60)48(67-10)46(59)36(6)24-31/h11-13,16-17,25,30-31,33-36,38-41,43-45,47-48,55,60,64H,14-15,18-24,26-29H2,1-10H3/q-1/b13-11+,16-12+,32-17+,37-25+/t31-,33-,34-,35-,36+,38+,39?,40+,41?,43+,44+,45-,47-,48?,52?/m1/s1. The van der Waals surface area contributed by atoms with Gasteiger partial charge in [0.25, 0.3) is 5.91 Å². The van der Waals surface area contributed by atoms with E-state index in [0.717, 1.165) is 18.4 Å². The second-order valence-corrected chi connectivity index (χ2v) is 20.4. The number of aliphatic hydroxyl groups is 2. The maximum Gasteiger partial charge on any atom is 0.329 e. The molecule has 0 aromatic heterocycles. The molecule has 4 aliphatic heterocycles. The van der Waals surface area contributed by atoms with Crippen LogP contribution < -0.4 is 5.53 Å². The van der Waals surface area contributed by atoms with Gasteiger partial charge < -0.3 is 54.4 Å². The molecule has 1 saturated carbocycles. The quantitative estimate of drug-likeness (QED) is 0.146. The second kappa shape index (κ2) is 25.8. The summed E-state index contributed by atoms with van der Waals surface area (Å²) in [5, 5.41) is 29.7. The van der Waals surface area contributed by atoms with Crippen molar-refractivity contribution in [3.05, 3.63) is 53.0 Å². The third-order valence-corrected chi connectivity index (χ3v) is 15.1. The van der Waals surface area contributed by atoms with Gasteiger partial charge >= 0.3 is 11.8 Å². The van der Waals surface area contributed by atoms with Gasteiger partial charge in [0.05, 0.1) is 24.4 Å². The van der Waals surface area contributed by atoms with E-state index < -0.39 is 77.8 Å². The first-order valence-electron chi connectivity index (χ1n) is 25.1. The van der Waals surface area contributed by atoms with E-state index in [2.05, 4.69) is 16.1 Å². The van der Waals surface area contributed by atoms with E-state index in [4.69, 9.17) is 23.7 Å². The smallest absolute Gasteiger partial charge is 0.329 e. The number of hydrogen-bond donors (Lipinski definition) is 3. The third kappa shape index (κ3) is 14.3. The van der Waals surface area contributed by atoms with Crippen molar-refractivity contribution >= 4 is 35.6 Å². The summed E-state index contributed by atoms with van der Waals surface area (Å²) < 4.78 is 30.0. The number of hydrazone groups is 1. The van der Waals surface area contributed by atoms with Crippen molar-refractivity contribution in [3.8, 4) is 0 Å². The van der Waals surface area contributed by atoms with Crippen LogP contribution in [0.15, 0.2) is 52.7 Å². The number of carbonyl (C=O) groups is 5. The minimum absolute atomic E-state index is 0.0134. The van der Waals surface area contributed by atoms with Crippen LogP contribution in [0.5, 0.6) is 0 Å². The van der Waals surface area contributed by atoms with Gasteiger partial charge in [-0.3, -0.25) is 19.2 Å². The fourth-order valence-electron chi connectivity index (χ4n) is 10.7. The van der Waals surface area contributed by atoms with E-state index in [-0.39, 0.29) is 67.3 Å². The molecule has 1 aliphatic carbocycles. The molecule has 69 heavy (non-hydrogen) atoms. The van der Waals surface area contributed by atoms with Crippen molar-refractivity contribution in [2.75, 3.05) is 27.9 Å². The molecule has 3 N–H and O–H groups in total. The van der Waals surface area contributed by atoms with Crippen LogP contribution in [-0.2, 0) is 47.7 Å². The summed E-state index contributed by atoms with van der Waals surface area (Å²) in [5.74, 6) is -7.95. The Kier molecular flexibility index (Phi) is 20.9. The number of amides is 1. The van der Waals surface area contributed by atoms with Crippen LogP contribution in [-0.4, -0.2) is 138 Å². The number of piperidine rings is 1. The Balaban J connectivity index is 1.49. The number of rotatable bonds is 7. The van der Waals surface area contributed by atoms with Crippen LogP contribution in [0.3, 0.4) is 0 Å². The highest BCUT2D eigenvalue weighted by Crippen LogP contribution is 2.37. The number of hydrazine groups is 1. The van der Waals surface area contributed by atoms with Crippen molar-refractivity contribution in [1.29, 1.82) is 0 Å². The van der Waals surface area contributed by atoms with Gasteiger partial charge in [-0.2, -0.15) is 0 Å². The Labute approximate surface area is 409 Å². The fraction of sp³-hybridized carbons (Fsp3) is 0.731. The Morgan fingerprint density at radius 1 is 0.899 bits per heavy atom. The first-order valence-corrected chi connectivity index (χ1v) is 25.1. The molecule has 4 unspecified atom stereocenters. The van der Waals surface area contributed by atoms with E-state index in [1.165, 1.54) is 18.3 Å². The van der Waals surface area contributed by atoms with Gasteiger partial charge in [-0.15, -0.1) is 0 Å². The number of allylic oxidation sites excluding steroid dienone is 6. The summed E-state index contributed by atoms with van der Waals surface area (Å²) in [6.07, 6.45) is 13.3. The van der Waals surface area contributed by atoms with E-state index in [1.807, 2.05) is 58.1 Å². The number of cyclic esters (lactones) is 1. The largest absolute Gasteiger partial charge is 0.460 e. The van der Waals surface area contributed by atoms with Crippen LogP contribution in [0.1, 0.15) is 126 Å². The molecule has 5 rings (SSSR count). The maximum atomic E-state index is 14.7. The highest BCUT2D eigenvalue weighted by Gasteiger charge is 2.55. The summed E-state index contributed by atoms with van der Waals surface area (Å²) in [6, 6.07) is -1.21. The number of nitrogens with zero attached hydrogens (tertiary/aromatic N) is 4. The van der Waals surface area contributed by atoms with Gasteiger partial charge in [0.1, 0.15) is 30.1 Å². The number of ketones is 3. The predicted octanol–water partition coefficient (Wildman–Crippen LogP) is 6.24. The van der Waals surface area contributed by atoms with Crippen LogP contribution in [0.25, 0.3) is 5.43 Å². The molecule has 386 valence electrons. The number of hydrogen-bond acceptors (Lipinski definition) is 15. The molecular weight excluding hydrogens is 887 g/mol. The third-order valence-electron chi connectivity index (χ3n) is 15.1. The molecule has 4 heterocycles. The van der Waals surface area contributed by atoms with Gasteiger partial charge in [-0.05, 0) is 107 Å². The fourth-order valence-corrected chi connectivity index (χ4v) is 10.7. The maximum absolute atomic E-state index is 14.7. The van der Waals surface area contributed by atoms with Crippen molar-refractivity contribution in [2.45, 2.75) is 180 Å². The van der Waals surface area contributed by atoms with Crippen LogP contribution in [0.4, 0.5) is 0 Å². The molecule has 0 spiro atoms. The molecular formula is C52H80N5O12-. The van der Waals surface area contributed by atoms with E-state index in [1.54, 1.807) is 46.2 Å². The highest BCUT2D eigenvalue weighted by molar-refractivity contribution is 6.09. The number of nitrogens with one attached hydrogen (secondary N) is 1. The zero-order valence-corrected chi connectivity index (χ0v) is 42.6. The first-order chi connectivity index (χ1) is 32.8. The first kappa shape index (κ1) is 55.8.